The van der Waals surface area contributed by atoms with Crippen molar-refractivity contribution in [2.45, 2.75) is 12.5 Å². The minimum atomic E-state index is 0.0902. The molecule has 4 rings (SSSR count). The van der Waals surface area contributed by atoms with E-state index in [-0.39, 0.29) is 12.1 Å². The van der Waals surface area contributed by atoms with E-state index in [0.29, 0.717) is 45.4 Å². The minimum absolute atomic E-state index is 0.0902. The van der Waals surface area contributed by atoms with Crippen LogP contribution in [0.3, 0.4) is 0 Å². The van der Waals surface area contributed by atoms with Crippen LogP contribution < -0.4 is 4.90 Å². The van der Waals surface area contributed by atoms with Crippen LogP contribution in [0.5, 0.6) is 0 Å². The number of hydrogen-bond acceptors (Lipinski definition) is 6. The van der Waals surface area contributed by atoms with E-state index < -0.39 is 0 Å². The molecule has 2 atom stereocenters. The number of rotatable bonds is 1. The maximum absolute atomic E-state index is 12.7. The van der Waals surface area contributed by atoms with Gasteiger partial charge in [0.25, 0.3) is 0 Å². The Kier molecular flexibility index (Phi) is 4.98. The number of ether oxygens (including phenoxy) is 2. The molecule has 136 valence electrons. The van der Waals surface area contributed by atoms with E-state index in [1.165, 1.54) is 0 Å². The largest absolute Gasteiger partial charge is 0.378 e. The molecule has 1 aromatic rings. The van der Waals surface area contributed by atoms with E-state index in [1.807, 2.05) is 15.9 Å². The number of morpholine rings is 1. The third-order valence-corrected chi connectivity index (χ3v) is 5.23. The number of carbonyl (C=O) groups is 1. The molecule has 0 aliphatic carbocycles. The summed E-state index contributed by atoms with van der Waals surface area (Å²) in [5.74, 6) is 1.17. The lowest BCUT2D eigenvalue weighted by Gasteiger charge is -2.40. The molecule has 3 aliphatic heterocycles. The zero-order chi connectivity index (χ0) is 17.1. The zero-order valence-electron chi connectivity index (χ0n) is 14.4. The number of likely N-dealkylation sites (tertiary alicyclic amines) is 1. The van der Waals surface area contributed by atoms with Crippen molar-refractivity contribution in [1.29, 1.82) is 0 Å². The first-order valence-electron chi connectivity index (χ1n) is 9.06. The van der Waals surface area contributed by atoms with Crippen molar-refractivity contribution in [2.24, 2.45) is 5.92 Å². The van der Waals surface area contributed by atoms with E-state index in [2.05, 4.69) is 14.9 Å². The maximum atomic E-state index is 12.7. The standard InChI is InChI=1S/C17H25N5O3/c23-17(20-6-9-24-10-7-20)22-5-2-14-12-21(8-11-25-15(14)13-22)16-18-3-1-4-19-16/h1,3-4,14-15H,2,5-13H2/t14-,15-/m1/s1. The second kappa shape index (κ2) is 7.53. The van der Waals surface area contributed by atoms with Gasteiger partial charge in [-0.15, -0.1) is 0 Å². The lowest BCUT2D eigenvalue weighted by molar-refractivity contribution is -0.0200. The normalized spacial score (nSPS) is 27.6. The fraction of sp³-hybridized carbons (Fsp3) is 0.706. The number of amides is 2. The molecule has 3 fully saturated rings. The summed E-state index contributed by atoms with van der Waals surface area (Å²) < 4.78 is 11.4. The first-order valence-corrected chi connectivity index (χ1v) is 9.06. The van der Waals surface area contributed by atoms with Crippen LogP contribution in [0, 0.1) is 5.92 Å². The molecule has 0 N–H and O–H groups in total. The van der Waals surface area contributed by atoms with Gasteiger partial charge < -0.3 is 24.2 Å². The minimum Gasteiger partial charge on any atom is -0.378 e. The Bertz CT molecular complexity index is 581. The van der Waals surface area contributed by atoms with Gasteiger partial charge in [0.2, 0.25) is 5.95 Å². The van der Waals surface area contributed by atoms with Gasteiger partial charge in [0.1, 0.15) is 0 Å². The van der Waals surface area contributed by atoms with Gasteiger partial charge in [-0.2, -0.15) is 0 Å². The Morgan fingerprint density at radius 2 is 1.80 bits per heavy atom. The average molecular weight is 347 g/mol. The monoisotopic (exact) mass is 347 g/mol. The molecule has 4 heterocycles. The highest BCUT2D eigenvalue weighted by atomic mass is 16.5. The SMILES string of the molecule is O=C(N1CCOCC1)N1CC[C@@H]2CN(c3ncccn3)CCO[C@@H]2C1. The Morgan fingerprint density at radius 1 is 1.00 bits per heavy atom. The van der Waals surface area contributed by atoms with Crippen LogP contribution in [0.15, 0.2) is 18.5 Å². The number of nitrogens with zero attached hydrogens (tertiary/aromatic N) is 5. The number of aromatic nitrogens is 2. The highest BCUT2D eigenvalue weighted by Gasteiger charge is 2.36. The predicted octanol–water partition coefficient (Wildman–Crippen LogP) is 0.456. The summed E-state index contributed by atoms with van der Waals surface area (Å²) >= 11 is 0. The number of urea groups is 1. The second-order valence-electron chi connectivity index (χ2n) is 6.78. The van der Waals surface area contributed by atoms with Gasteiger partial charge in [0.05, 0.1) is 25.9 Å². The van der Waals surface area contributed by atoms with Crippen molar-refractivity contribution in [3.63, 3.8) is 0 Å². The molecule has 0 unspecified atom stereocenters. The topological polar surface area (TPSA) is 71.0 Å². The Morgan fingerprint density at radius 3 is 2.60 bits per heavy atom. The first-order chi connectivity index (χ1) is 12.3. The van der Waals surface area contributed by atoms with Crippen molar-refractivity contribution in [1.82, 2.24) is 19.8 Å². The molecule has 2 amide bonds. The molecule has 0 spiro atoms. The summed E-state index contributed by atoms with van der Waals surface area (Å²) in [6.07, 6.45) is 4.58. The zero-order valence-corrected chi connectivity index (χ0v) is 14.4. The highest BCUT2D eigenvalue weighted by molar-refractivity contribution is 5.74. The van der Waals surface area contributed by atoms with Gasteiger partial charge in [-0.3, -0.25) is 0 Å². The molecule has 3 saturated heterocycles. The summed E-state index contributed by atoms with van der Waals surface area (Å²) in [6, 6.07) is 1.95. The van der Waals surface area contributed by atoms with Crippen LogP contribution in [-0.2, 0) is 9.47 Å². The van der Waals surface area contributed by atoms with Gasteiger partial charge >= 0.3 is 6.03 Å². The van der Waals surface area contributed by atoms with Crippen molar-refractivity contribution < 1.29 is 14.3 Å². The molecule has 0 radical (unpaired) electrons. The number of fused-ring (bicyclic) bond motifs is 1. The Balaban J connectivity index is 1.38. The fourth-order valence-corrected chi connectivity index (χ4v) is 3.82. The lowest BCUT2D eigenvalue weighted by Crippen LogP contribution is -2.54. The molecule has 1 aromatic heterocycles. The molecule has 25 heavy (non-hydrogen) atoms. The molecule has 0 aromatic carbocycles. The summed E-state index contributed by atoms with van der Waals surface area (Å²) in [4.78, 5) is 27.5. The number of anilines is 1. The molecule has 8 heteroatoms. The smallest absolute Gasteiger partial charge is 0.320 e. The van der Waals surface area contributed by atoms with Gasteiger partial charge in [-0.25, -0.2) is 14.8 Å². The van der Waals surface area contributed by atoms with Crippen LogP contribution >= 0.6 is 0 Å². The third-order valence-electron chi connectivity index (χ3n) is 5.23. The summed E-state index contributed by atoms with van der Waals surface area (Å²) in [6.45, 7) is 6.39. The van der Waals surface area contributed by atoms with E-state index in [0.717, 1.165) is 32.0 Å². The van der Waals surface area contributed by atoms with Gasteiger partial charge in [0.15, 0.2) is 0 Å². The molecule has 0 bridgehead atoms. The van der Waals surface area contributed by atoms with Crippen molar-refractivity contribution in [3.8, 4) is 0 Å². The lowest BCUT2D eigenvalue weighted by atomic mass is 9.93. The van der Waals surface area contributed by atoms with E-state index >= 15 is 0 Å². The first kappa shape index (κ1) is 16.5. The van der Waals surface area contributed by atoms with Crippen molar-refractivity contribution >= 4 is 12.0 Å². The average Bonchev–Trinajstić information content (AvgIpc) is 2.90. The van der Waals surface area contributed by atoms with Crippen molar-refractivity contribution in [2.75, 3.05) is 64.0 Å². The quantitative estimate of drug-likeness (QED) is 0.735. The molecule has 3 aliphatic rings. The number of piperidine rings is 1. The summed E-state index contributed by atoms with van der Waals surface area (Å²) in [5, 5.41) is 0. The van der Waals surface area contributed by atoms with Crippen molar-refractivity contribution in [3.05, 3.63) is 18.5 Å². The highest BCUT2D eigenvalue weighted by Crippen LogP contribution is 2.26. The second-order valence-corrected chi connectivity index (χ2v) is 6.78. The van der Waals surface area contributed by atoms with Crippen LogP contribution in [0.4, 0.5) is 10.7 Å². The number of hydrogen-bond donors (Lipinski definition) is 0. The van der Waals surface area contributed by atoms with Gasteiger partial charge in [-0.05, 0) is 12.5 Å². The van der Waals surface area contributed by atoms with E-state index in [1.54, 1.807) is 12.4 Å². The Hall–Kier alpha value is -1.93. The van der Waals surface area contributed by atoms with Gasteiger partial charge in [0, 0.05) is 57.6 Å². The van der Waals surface area contributed by atoms with Crippen LogP contribution in [0.1, 0.15) is 6.42 Å². The van der Waals surface area contributed by atoms with E-state index in [9.17, 15) is 4.79 Å². The van der Waals surface area contributed by atoms with Crippen LogP contribution in [-0.4, -0.2) is 91.0 Å². The molecular formula is C17H25N5O3. The molecule has 0 saturated carbocycles. The van der Waals surface area contributed by atoms with Crippen LogP contribution in [0.25, 0.3) is 0 Å². The molecular weight excluding hydrogens is 322 g/mol. The fourth-order valence-electron chi connectivity index (χ4n) is 3.82. The van der Waals surface area contributed by atoms with Gasteiger partial charge in [-0.1, -0.05) is 0 Å². The Labute approximate surface area is 147 Å². The predicted molar refractivity (Wildman–Crippen MR) is 91.5 cm³/mol. The number of carbonyl (C=O) groups excluding carboxylic acids is 1. The maximum Gasteiger partial charge on any atom is 0.320 e. The van der Waals surface area contributed by atoms with Crippen LogP contribution in [0.2, 0.25) is 0 Å². The third kappa shape index (κ3) is 3.69. The summed E-state index contributed by atoms with van der Waals surface area (Å²) in [7, 11) is 0. The summed E-state index contributed by atoms with van der Waals surface area (Å²) in [5.41, 5.74) is 0. The van der Waals surface area contributed by atoms with E-state index in [4.69, 9.17) is 9.47 Å². The molecule has 8 nitrogen and oxygen atoms in total.